The predicted octanol–water partition coefficient (Wildman–Crippen LogP) is 1.57. The summed E-state index contributed by atoms with van der Waals surface area (Å²) in [5.41, 5.74) is 4.09. The van der Waals surface area contributed by atoms with Crippen LogP contribution in [0, 0.1) is 5.92 Å². The van der Waals surface area contributed by atoms with Crippen molar-refractivity contribution in [3.05, 3.63) is 52.8 Å². The van der Waals surface area contributed by atoms with Gasteiger partial charge in [-0.1, -0.05) is 24.3 Å². The Kier molecular flexibility index (Phi) is 6.19. The molecule has 1 aliphatic heterocycles. The van der Waals surface area contributed by atoms with Crippen LogP contribution in [-0.4, -0.2) is 36.3 Å². The number of aromatic amines is 1. The number of hydrogen-bond donors (Lipinski definition) is 3. The number of methoxy groups -OCH3 is 1. The number of nitrogens with zero attached hydrogens (tertiary/aromatic N) is 1. The van der Waals surface area contributed by atoms with Crippen molar-refractivity contribution in [3.63, 3.8) is 0 Å². The molecule has 0 aliphatic carbocycles. The van der Waals surface area contributed by atoms with Crippen molar-refractivity contribution in [3.8, 4) is 0 Å². The van der Waals surface area contributed by atoms with E-state index >= 15 is 0 Å². The number of carbonyl (C=O) groups is 1. The van der Waals surface area contributed by atoms with Crippen LogP contribution in [-0.2, 0) is 35.5 Å². The van der Waals surface area contributed by atoms with Crippen molar-refractivity contribution in [1.29, 1.82) is 0 Å². The molecule has 2 heterocycles. The average molecular weight is 342 g/mol. The van der Waals surface area contributed by atoms with E-state index in [0.29, 0.717) is 19.6 Å². The van der Waals surface area contributed by atoms with E-state index in [1.54, 1.807) is 7.11 Å². The average Bonchev–Trinajstić information content (AvgIpc) is 3.27. The lowest BCUT2D eigenvalue weighted by molar-refractivity contribution is -0.120. The highest BCUT2D eigenvalue weighted by atomic mass is 16.5. The lowest BCUT2D eigenvalue weighted by Crippen LogP contribution is -2.24. The molecule has 1 aromatic heterocycles. The van der Waals surface area contributed by atoms with Crippen LogP contribution in [0.4, 0.5) is 0 Å². The van der Waals surface area contributed by atoms with Crippen LogP contribution in [0.5, 0.6) is 0 Å². The summed E-state index contributed by atoms with van der Waals surface area (Å²) in [5, 5.41) is 13.3. The fourth-order valence-corrected chi connectivity index (χ4v) is 3.18. The highest BCUT2D eigenvalue weighted by molar-refractivity contribution is 5.78. The zero-order valence-electron chi connectivity index (χ0n) is 14.7. The summed E-state index contributed by atoms with van der Waals surface area (Å²) in [6.07, 6.45) is 2.76. The molecule has 134 valence electrons. The Morgan fingerprint density at radius 1 is 1.32 bits per heavy atom. The monoisotopic (exact) mass is 342 g/mol. The first-order valence-corrected chi connectivity index (χ1v) is 8.80. The van der Waals surface area contributed by atoms with Crippen molar-refractivity contribution >= 4 is 5.91 Å². The highest BCUT2D eigenvalue weighted by Crippen LogP contribution is 2.16. The topological polar surface area (TPSA) is 79.0 Å². The van der Waals surface area contributed by atoms with Gasteiger partial charge in [0.15, 0.2) is 0 Å². The molecule has 0 bridgehead atoms. The van der Waals surface area contributed by atoms with Gasteiger partial charge in [-0.05, 0) is 49.0 Å². The van der Waals surface area contributed by atoms with E-state index in [-0.39, 0.29) is 5.91 Å². The van der Waals surface area contributed by atoms with Gasteiger partial charge in [-0.3, -0.25) is 9.89 Å². The van der Waals surface area contributed by atoms with E-state index in [4.69, 9.17) is 4.74 Å². The second-order valence-electron chi connectivity index (χ2n) is 6.65. The molecule has 0 saturated carbocycles. The Hall–Kier alpha value is -2.18. The number of nitrogens with one attached hydrogen (secondary N) is 3. The standard InChI is InChI=1S/C19H26N4O2/c1-25-13-18-10-17(22-23-18)12-21-19(24)9-15-4-2-14(3-5-15)8-16-6-7-20-11-16/h2-5,10,16,20H,6-9,11-13H2,1H3,(H,21,24)(H,22,23). The number of rotatable bonds is 8. The molecule has 1 atom stereocenters. The quantitative estimate of drug-likeness (QED) is 0.680. The van der Waals surface area contributed by atoms with Crippen LogP contribution in [0.2, 0.25) is 0 Å². The Balaban J connectivity index is 1.43. The van der Waals surface area contributed by atoms with Crippen molar-refractivity contribution in [1.82, 2.24) is 20.8 Å². The molecule has 6 heteroatoms. The summed E-state index contributed by atoms with van der Waals surface area (Å²) in [6, 6.07) is 10.3. The van der Waals surface area contributed by atoms with E-state index < -0.39 is 0 Å². The Bertz CT molecular complexity index is 675. The zero-order chi connectivity index (χ0) is 17.5. The van der Waals surface area contributed by atoms with Crippen LogP contribution in [0.3, 0.4) is 0 Å². The summed E-state index contributed by atoms with van der Waals surface area (Å²) in [5.74, 6) is 0.752. The third-order valence-corrected chi connectivity index (χ3v) is 4.53. The summed E-state index contributed by atoms with van der Waals surface area (Å²) in [4.78, 5) is 12.1. The number of hydrogen-bond acceptors (Lipinski definition) is 4. The van der Waals surface area contributed by atoms with Crippen molar-refractivity contribution in [2.24, 2.45) is 5.92 Å². The molecular formula is C19H26N4O2. The minimum atomic E-state index is 0.00985. The Morgan fingerprint density at radius 3 is 2.84 bits per heavy atom. The fraction of sp³-hybridized carbons (Fsp3) is 0.474. The van der Waals surface area contributed by atoms with Crippen molar-refractivity contribution in [2.75, 3.05) is 20.2 Å². The van der Waals surface area contributed by atoms with Crippen LogP contribution >= 0.6 is 0 Å². The van der Waals surface area contributed by atoms with E-state index in [9.17, 15) is 4.79 Å². The minimum absolute atomic E-state index is 0.00985. The third kappa shape index (κ3) is 5.41. The molecule has 1 aliphatic rings. The highest BCUT2D eigenvalue weighted by Gasteiger charge is 2.14. The number of benzene rings is 1. The van der Waals surface area contributed by atoms with E-state index in [1.165, 1.54) is 12.0 Å². The molecule has 1 unspecified atom stereocenters. The number of aromatic nitrogens is 2. The summed E-state index contributed by atoms with van der Waals surface area (Å²) in [6.45, 7) is 3.16. The second-order valence-corrected chi connectivity index (χ2v) is 6.65. The molecule has 25 heavy (non-hydrogen) atoms. The molecule has 1 aromatic carbocycles. The third-order valence-electron chi connectivity index (χ3n) is 4.53. The SMILES string of the molecule is COCc1cc(CNC(=O)Cc2ccc(CC3CCNC3)cc2)[nH]n1. The van der Waals surface area contributed by atoms with Crippen LogP contribution < -0.4 is 10.6 Å². The van der Waals surface area contributed by atoms with Crippen molar-refractivity contribution < 1.29 is 9.53 Å². The first-order chi connectivity index (χ1) is 12.2. The largest absolute Gasteiger partial charge is 0.378 e. The zero-order valence-corrected chi connectivity index (χ0v) is 14.7. The van der Waals surface area contributed by atoms with E-state index in [2.05, 4.69) is 45.1 Å². The predicted molar refractivity (Wildman–Crippen MR) is 96.0 cm³/mol. The van der Waals surface area contributed by atoms with Crippen LogP contribution in [0.1, 0.15) is 28.9 Å². The smallest absolute Gasteiger partial charge is 0.224 e. The second kappa shape index (κ2) is 8.78. The van der Waals surface area contributed by atoms with E-state index in [1.807, 2.05) is 6.07 Å². The number of amides is 1. The van der Waals surface area contributed by atoms with Crippen LogP contribution in [0.25, 0.3) is 0 Å². The maximum atomic E-state index is 12.1. The summed E-state index contributed by atoms with van der Waals surface area (Å²) in [7, 11) is 1.63. The van der Waals surface area contributed by atoms with Gasteiger partial charge >= 0.3 is 0 Å². The lowest BCUT2D eigenvalue weighted by atomic mass is 9.97. The number of carbonyl (C=O) groups excluding carboxylic acids is 1. The van der Waals surface area contributed by atoms with Crippen LogP contribution in [0.15, 0.2) is 30.3 Å². The fourth-order valence-electron chi connectivity index (χ4n) is 3.18. The molecular weight excluding hydrogens is 316 g/mol. The van der Waals surface area contributed by atoms with Gasteiger partial charge < -0.3 is 15.4 Å². The Labute approximate surface area is 148 Å². The molecule has 1 fully saturated rings. The molecule has 2 aromatic rings. The summed E-state index contributed by atoms with van der Waals surface area (Å²) < 4.78 is 5.02. The van der Waals surface area contributed by atoms with Gasteiger partial charge in [0.25, 0.3) is 0 Å². The van der Waals surface area contributed by atoms with Crippen molar-refractivity contribution in [2.45, 2.75) is 32.4 Å². The van der Waals surface area contributed by atoms with Gasteiger partial charge in [0, 0.05) is 7.11 Å². The molecule has 6 nitrogen and oxygen atoms in total. The first kappa shape index (κ1) is 17.6. The van der Waals surface area contributed by atoms with Gasteiger partial charge in [0.05, 0.1) is 31.0 Å². The Morgan fingerprint density at radius 2 is 2.12 bits per heavy atom. The van der Waals surface area contributed by atoms with Gasteiger partial charge in [0.1, 0.15) is 0 Å². The van der Waals surface area contributed by atoms with Gasteiger partial charge in [-0.15, -0.1) is 0 Å². The molecule has 1 amide bonds. The van der Waals surface area contributed by atoms with Gasteiger partial charge in [0.2, 0.25) is 5.91 Å². The first-order valence-electron chi connectivity index (χ1n) is 8.80. The molecule has 0 radical (unpaired) electrons. The number of ether oxygens (including phenoxy) is 1. The molecule has 1 saturated heterocycles. The minimum Gasteiger partial charge on any atom is -0.378 e. The molecule has 3 rings (SSSR count). The van der Waals surface area contributed by atoms with Gasteiger partial charge in [-0.2, -0.15) is 5.10 Å². The summed E-state index contributed by atoms with van der Waals surface area (Å²) >= 11 is 0. The number of H-pyrrole nitrogens is 1. The van der Waals surface area contributed by atoms with Gasteiger partial charge in [-0.25, -0.2) is 0 Å². The maximum absolute atomic E-state index is 12.1. The maximum Gasteiger partial charge on any atom is 0.224 e. The molecule has 0 spiro atoms. The molecule has 3 N–H and O–H groups in total. The van der Waals surface area contributed by atoms with E-state index in [0.717, 1.165) is 42.4 Å². The lowest BCUT2D eigenvalue weighted by Gasteiger charge is -2.09. The normalized spacial score (nSPS) is 16.9.